The Hall–Kier alpha value is -1.36. The second-order valence-corrected chi connectivity index (χ2v) is 4.55. The fourth-order valence-electron chi connectivity index (χ4n) is 1.44. The van der Waals surface area contributed by atoms with E-state index >= 15 is 0 Å². The molecule has 1 atom stereocenters. The summed E-state index contributed by atoms with van der Waals surface area (Å²) in [6, 6.07) is 0. The highest BCUT2D eigenvalue weighted by atomic mass is 16.3. The van der Waals surface area contributed by atoms with Crippen LogP contribution in [0.3, 0.4) is 0 Å². The van der Waals surface area contributed by atoms with Gasteiger partial charge in [0.15, 0.2) is 0 Å². The van der Waals surface area contributed by atoms with E-state index in [1.54, 1.807) is 0 Å². The second-order valence-electron chi connectivity index (χ2n) is 4.55. The van der Waals surface area contributed by atoms with Gasteiger partial charge in [-0.15, -0.1) is 0 Å². The normalized spacial score (nSPS) is 14.2. The van der Waals surface area contributed by atoms with Crippen LogP contribution in [0.1, 0.15) is 31.7 Å². The Balaban J connectivity index is 2.88. The SMILES string of the molecule is CCC(C)(O)CNc1nc(C)nc(NC)c1C. The van der Waals surface area contributed by atoms with E-state index in [4.69, 9.17) is 0 Å². The Morgan fingerprint density at radius 2 is 1.82 bits per heavy atom. The number of hydrogen-bond donors (Lipinski definition) is 3. The fourth-order valence-corrected chi connectivity index (χ4v) is 1.44. The third-order valence-electron chi connectivity index (χ3n) is 2.89. The monoisotopic (exact) mass is 238 g/mol. The van der Waals surface area contributed by atoms with Crippen LogP contribution in [0.4, 0.5) is 11.6 Å². The van der Waals surface area contributed by atoms with E-state index < -0.39 is 5.60 Å². The summed E-state index contributed by atoms with van der Waals surface area (Å²) in [4.78, 5) is 8.64. The summed E-state index contributed by atoms with van der Waals surface area (Å²) in [6.07, 6.45) is 0.696. The molecule has 0 radical (unpaired) electrons. The number of aromatic nitrogens is 2. The molecule has 0 spiro atoms. The van der Waals surface area contributed by atoms with Gasteiger partial charge in [-0.1, -0.05) is 6.92 Å². The average Bonchev–Trinajstić information content (AvgIpc) is 2.30. The molecule has 17 heavy (non-hydrogen) atoms. The van der Waals surface area contributed by atoms with Crippen molar-refractivity contribution in [2.45, 2.75) is 39.7 Å². The summed E-state index contributed by atoms with van der Waals surface area (Å²) in [5.41, 5.74) is 0.246. The molecule has 1 rings (SSSR count). The van der Waals surface area contributed by atoms with Crippen LogP contribution < -0.4 is 10.6 Å². The Labute approximate surface area is 103 Å². The van der Waals surface area contributed by atoms with Gasteiger partial charge in [0, 0.05) is 19.2 Å². The van der Waals surface area contributed by atoms with Crippen molar-refractivity contribution in [3.63, 3.8) is 0 Å². The predicted octanol–water partition coefficient (Wildman–Crippen LogP) is 1.71. The zero-order valence-electron chi connectivity index (χ0n) is 11.3. The maximum atomic E-state index is 9.95. The number of anilines is 2. The van der Waals surface area contributed by atoms with Crippen LogP contribution >= 0.6 is 0 Å². The molecule has 1 aromatic rings. The summed E-state index contributed by atoms with van der Waals surface area (Å²) in [7, 11) is 1.83. The molecule has 1 unspecified atom stereocenters. The van der Waals surface area contributed by atoms with Crippen molar-refractivity contribution in [1.82, 2.24) is 9.97 Å². The lowest BCUT2D eigenvalue weighted by atomic mass is 10.0. The molecule has 1 aromatic heterocycles. The maximum Gasteiger partial charge on any atom is 0.134 e. The molecular weight excluding hydrogens is 216 g/mol. The minimum atomic E-state index is -0.717. The second kappa shape index (κ2) is 5.31. The predicted molar refractivity (Wildman–Crippen MR) is 70.5 cm³/mol. The largest absolute Gasteiger partial charge is 0.388 e. The summed E-state index contributed by atoms with van der Waals surface area (Å²) in [5, 5.41) is 16.2. The van der Waals surface area contributed by atoms with Gasteiger partial charge in [-0.2, -0.15) is 0 Å². The van der Waals surface area contributed by atoms with Crippen LogP contribution in [0, 0.1) is 13.8 Å². The topological polar surface area (TPSA) is 70.1 Å². The molecule has 5 nitrogen and oxygen atoms in total. The van der Waals surface area contributed by atoms with Gasteiger partial charge in [0.1, 0.15) is 17.5 Å². The zero-order chi connectivity index (χ0) is 13.1. The van der Waals surface area contributed by atoms with Crippen molar-refractivity contribution in [1.29, 1.82) is 0 Å². The quantitative estimate of drug-likeness (QED) is 0.728. The summed E-state index contributed by atoms with van der Waals surface area (Å²) in [5.74, 6) is 2.30. The van der Waals surface area contributed by atoms with Crippen molar-refractivity contribution < 1.29 is 5.11 Å². The molecule has 0 fully saturated rings. The molecule has 0 saturated heterocycles. The Morgan fingerprint density at radius 1 is 1.24 bits per heavy atom. The molecule has 0 amide bonds. The van der Waals surface area contributed by atoms with Crippen LogP contribution in [0.2, 0.25) is 0 Å². The number of nitrogens with one attached hydrogen (secondary N) is 2. The minimum absolute atomic E-state index is 0.476. The maximum absolute atomic E-state index is 9.95. The Morgan fingerprint density at radius 3 is 2.35 bits per heavy atom. The molecule has 0 aliphatic rings. The average molecular weight is 238 g/mol. The van der Waals surface area contributed by atoms with Crippen molar-refractivity contribution in [3.05, 3.63) is 11.4 Å². The van der Waals surface area contributed by atoms with Crippen molar-refractivity contribution >= 4 is 11.6 Å². The van der Waals surface area contributed by atoms with Gasteiger partial charge in [0.25, 0.3) is 0 Å². The number of aliphatic hydroxyl groups is 1. The first-order valence-electron chi connectivity index (χ1n) is 5.89. The first-order chi connectivity index (χ1) is 7.89. The number of aryl methyl sites for hydroxylation is 1. The molecule has 0 saturated carbocycles. The Bertz CT molecular complexity index is 390. The number of rotatable bonds is 5. The van der Waals surface area contributed by atoms with Gasteiger partial charge in [-0.25, -0.2) is 9.97 Å². The van der Waals surface area contributed by atoms with Gasteiger partial charge < -0.3 is 15.7 Å². The molecule has 3 N–H and O–H groups in total. The van der Waals surface area contributed by atoms with Gasteiger partial charge in [-0.05, 0) is 27.2 Å². The zero-order valence-corrected chi connectivity index (χ0v) is 11.3. The van der Waals surface area contributed by atoms with Crippen LogP contribution in [-0.2, 0) is 0 Å². The first-order valence-corrected chi connectivity index (χ1v) is 5.89. The summed E-state index contributed by atoms with van der Waals surface area (Å²) in [6.45, 7) is 8.04. The van der Waals surface area contributed by atoms with E-state index in [-0.39, 0.29) is 0 Å². The van der Waals surface area contributed by atoms with Crippen LogP contribution in [0.5, 0.6) is 0 Å². The third kappa shape index (κ3) is 3.56. The molecule has 1 heterocycles. The van der Waals surface area contributed by atoms with Gasteiger partial charge in [0.05, 0.1) is 5.60 Å². The standard InChI is InChI=1S/C12H22N4O/c1-6-12(4,17)7-14-11-8(2)10(13-5)15-9(3)16-11/h17H,6-7H2,1-5H3,(H2,13,14,15,16). The highest BCUT2D eigenvalue weighted by Crippen LogP contribution is 2.20. The number of nitrogens with zero attached hydrogens (tertiary/aromatic N) is 2. The summed E-state index contributed by atoms with van der Waals surface area (Å²) >= 11 is 0. The molecule has 96 valence electrons. The highest BCUT2D eigenvalue weighted by molar-refractivity contribution is 5.57. The van der Waals surface area contributed by atoms with Crippen molar-refractivity contribution in [2.75, 3.05) is 24.2 Å². The smallest absolute Gasteiger partial charge is 0.134 e. The van der Waals surface area contributed by atoms with E-state index in [9.17, 15) is 5.11 Å². The lowest BCUT2D eigenvalue weighted by Crippen LogP contribution is -2.33. The minimum Gasteiger partial charge on any atom is -0.388 e. The lowest BCUT2D eigenvalue weighted by molar-refractivity contribution is 0.0696. The number of hydrogen-bond acceptors (Lipinski definition) is 5. The molecule has 0 bridgehead atoms. The van der Waals surface area contributed by atoms with Gasteiger partial charge in [-0.3, -0.25) is 0 Å². The van der Waals surface area contributed by atoms with E-state index in [2.05, 4.69) is 20.6 Å². The third-order valence-corrected chi connectivity index (χ3v) is 2.89. The molecule has 0 aliphatic carbocycles. The Kier molecular flexibility index (Phi) is 4.28. The molecule has 5 heteroatoms. The first kappa shape index (κ1) is 13.7. The van der Waals surface area contributed by atoms with Gasteiger partial charge >= 0.3 is 0 Å². The molecule has 0 aliphatic heterocycles. The summed E-state index contributed by atoms with van der Waals surface area (Å²) < 4.78 is 0. The molecule has 0 aromatic carbocycles. The van der Waals surface area contributed by atoms with Crippen molar-refractivity contribution in [2.24, 2.45) is 0 Å². The van der Waals surface area contributed by atoms with Crippen molar-refractivity contribution in [3.8, 4) is 0 Å². The van der Waals surface area contributed by atoms with Crippen LogP contribution in [0.15, 0.2) is 0 Å². The fraction of sp³-hybridized carbons (Fsp3) is 0.667. The van der Waals surface area contributed by atoms with E-state index in [1.165, 1.54) is 0 Å². The highest BCUT2D eigenvalue weighted by Gasteiger charge is 2.18. The lowest BCUT2D eigenvalue weighted by Gasteiger charge is -2.23. The van der Waals surface area contributed by atoms with Gasteiger partial charge in [0.2, 0.25) is 0 Å². The van der Waals surface area contributed by atoms with E-state index in [0.717, 1.165) is 17.2 Å². The van der Waals surface area contributed by atoms with E-state index in [0.29, 0.717) is 18.8 Å². The molecular formula is C12H22N4O. The van der Waals surface area contributed by atoms with Crippen LogP contribution in [0.25, 0.3) is 0 Å². The van der Waals surface area contributed by atoms with E-state index in [1.807, 2.05) is 34.7 Å². The van der Waals surface area contributed by atoms with Crippen LogP contribution in [-0.4, -0.2) is 34.3 Å².